The number of carbonyl (C=O) groups is 2. The molecule has 0 heterocycles. The van der Waals surface area contributed by atoms with Crippen LogP contribution in [0, 0.1) is 11.3 Å². The van der Waals surface area contributed by atoms with Crippen LogP contribution < -0.4 is 14.4 Å². The fourth-order valence-corrected chi connectivity index (χ4v) is 4.21. The van der Waals surface area contributed by atoms with Crippen molar-refractivity contribution in [3.63, 3.8) is 0 Å². The quantitative estimate of drug-likeness (QED) is 0.267. The average Bonchev–Trinajstić information content (AvgIpc) is 2.90. The van der Waals surface area contributed by atoms with Crippen molar-refractivity contribution in [3.05, 3.63) is 94.0 Å². The van der Waals surface area contributed by atoms with E-state index in [2.05, 4.69) is 20.4 Å². The van der Waals surface area contributed by atoms with Crippen molar-refractivity contribution in [1.29, 1.82) is 5.26 Å². The maximum absolute atomic E-state index is 13.0. The summed E-state index contributed by atoms with van der Waals surface area (Å²) in [5.41, 5.74) is 3.46. The van der Waals surface area contributed by atoms with Crippen LogP contribution in [0.25, 0.3) is 0 Å². The minimum absolute atomic E-state index is 0.0687. The second-order valence-electron chi connectivity index (χ2n) is 7.69. The third-order valence-corrected chi connectivity index (χ3v) is 6.25. The van der Waals surface area contributed by atoms with E-state index >= 15 is 0 Å². The predicted octanol–water partition coefficient (Wildman–Crippen LogP) is 5.37. The van der Waals surface area contributed by atoms with E-state index in [1.807, 2.05) is 42.7 Å². The number of nitriles is 1. The number of anilines is 1. The van der Waals surface area contributed by atoms with Gasteiger partial charge in [0.2, 0.25) is 0 Å². The summed E-state index contributed by atoms with van der Waals surface area (Å²) in [5.74, 6) is -0.282. The molecule has 1 N–H and O–H groups in total. The Hall–Kier alpha value is -3.67. The van der Waals surface area contributed by atoms with Crippen molar-refractivity contribution in [1.82, 2.24) is 5.32 Å². The van der Waals surface area contributed by atoms with E-state index in [1.54, 1.807) is 42.3 Å². The zero-order valence-electron chi connectivity index (χ0n) is 20.0. The minimum Gasteiger partial charge on any atom is -0.493 e. The van der Waals surface area contributed by atoms with Crippen LogP contribution in [0.4, 0.5) is 5.69 Å². The first kappa shape index (κ1) is 26.9. The van der Waals surface area contributed by atoms with Crippen molar-refractivity contribution in [3.8, 4) is 11.8 Å². The Morgan fingerprint density at radius 3 is 2.58 bits per heavy atom. The molecule has 36 heavy (non-hydrogen) atoms. The normalized spacial score (nSPS) is 10.3. The van der Waals surface area contributed by atoms with Gasteiger partial charge in [0.15, 0.2) is 0 Å². The molecule has 0 aliphatic rings. The number of nitrogens with zero attached hydrogens (tertiary/aromatic N) is 2. The number of benzene rings is 3. The summed E-state index contributed by atoms with van der Waals surface area (Å²) in [6.45, 7) is 0.906. The lowest BCUT2D eigenvalue weighted by atomic mass is 10.1. The van der Waals surface area contributed by atoms with E-state index in [0.29, 0.717) is 34.0 Å². The van der Waals surface area contributed by atoms with Gasteiger partial charge in [0, 0.05) is 34.6 Å². The maximum Gasteiger partial charge on any atom is 0.308 e. The molecule has 0 fully saturated rings. The summed E-state index contributed by atoms with van der Waals surface area (Å²) in [6, 6.07) is 22.3. The monoisotopic (exact) mass is 523 g/mol. The lowest BCUT2D eigenvalue weighted by molar-refractivity contribution is -0.141. The maximum atomic E-state index is 13.0. The largest absolute Gasteiger partial charge is 0.493 e. The summed E-state index contributed by atoms with van der Waals surface area (Å²) >= 11 is 7.91. The molecule has 0 unspecified atom stereocenters. The average molecular weight is 524 g/mol. The van der Waals surface area contributed by atoms with Gasteiger partial charge in [0.05, 0.1) is 38.3 Å². The predicted molar refractivity (Wildman–Crippen MR) is 142 cm³/mol. The molecule has 0 radical (unpaired) electrons. The standard InChI is InChI=1S/C27H26ClN3O4S/c1-34-26(32)10-11-35-25-12-20(16-29)8-9-21(25)17-30-27(33)22-13-23(28)15-24(14-22)31(36-2)18-19-6-4-3-5-7-19/h3-9,12-15H,10-11,17-18H2,1-2H3,(H,30,33). The zero-order valence-corrected chi connectivity index (χ0v) is 21.6. The molecular formula is C27H26ClN3O4S. The zero-order chi connectivity index (χ0) is 25.9. The van der Waals surface area contributed by atoms with Gasteiger partial charge in [0.25, 0.3) is 5.91 Å². The lowest BCUT2D eigenvalue weighted by Gasteiger charge is -2.22. The van der Waals surface area contributed by atoms with Crippen LogP contribution in [0.3, 0.4) is 0 Å². The number of esters is 1. The van der Waals surface area contributed by atoms with Crippen molar-refractivity contribution in [2.45, 2.75) is 19.5 Å². The molecule has 0 aromatic heterocycles. The summed E-state index contributed by atoms with van der Waals surface area (Å²) < 4.78 is 12.4. The Labute approximate surface area is 220 Å². The molecule has 9 heteroatoms. The van der Waals surface area contributed by atoms with Gasteiger partial charge in [-0.25, -0.2) is 0 Å². The molecule has 0 aliphatic heterocycles. The smallest absolute Gasteiger partial charge is 0.308 e. The molecule has 3 aromatic rings. The van der Waals surface area contributed by atoms with E-state index in [0.717, 1.165) is 11.3 Å². The lowest BCUT2D eigenvalue weighted by Crippen LogP contribution is -2.24. The summed E-state index contributed by atoms with van der Waals surface area (Å²) in [7, 11) is 1.31. The van der Waals surface area contributed by atoms with Gasteiger partial charge in [-0.05, 0) is 35.9 Å². The summed E-state index contributed by atoms with van der Waals surface area (Å²) in [4.78, 5) is 24.4. The van der Waals surface area contributed by atoms with Crippen LogP contribution >= 0.6 is 23.5 Å². The fraction of sp³-hybridized carbons (Fsp3) is 0.222. The highest BCUT2D eigenvalue weighted by atomic mass is 35.5. The molecule has 7 nitrogen and oxygen atoms in total. The van der Waals surface area contributed by atoms with Gasteiger partial charge in [-0.3, -0.25) is 9.59 Å². The summed E-state index contributed by atoms with van der Waals surface area (Å²) in [5, 5.41) is 12.6. The molecule has 3 rings (SSSR count). The van der Waals surface area contributed by atoms with Gasteiger partial charge >= 0.3 is 5.97 Å². The Kier molecular flexibility index (Phi) is 10.0. The number of halogens is 1. The van der Waals surface area contributed by atoms with Crippen LogP contribution in [0.2, 0.25) is 5.02 Å². The van der Waals surface area contributed by atoms with E-state index in [9.17, 15) is 14.9 Å². The van der Waals surface area contributed by atoms with Gasteiger partial charge in [-0.15, -0.1) is 0 Å². The molecule has 0 saturated heterocycles. The molecule has 3 aromatic carbocycles. The topological polar surface area (TPSA) is 91.7 Å². The van der Waals surface area contributed by atoms with E-state index in [4.69, 9.17) is 16.3 Å². The SMILES string of the molecule is COC(=O)CCOc1cc(C#N)ccc1CNC(=O)c1cc(Cl)cc(N(Cc2ccccc2)SC)c1. The molecule has 0 atom stereocenters. The van der Waals surface area contributed by atoms with E-state index in [1.165, 1.54) is 7.11 Å². The van der Waals surface area contributed by atoms with Gasteiger partial charge < -0.3 is 19.1 Å². The van der Waals surface area contributed by atoms with Gasteiger partial charge in [-0.2, -0.15) is 5.26 Å². The van der Waals surface area contributed by atoms with Crippen LogP contribution in [0.15, 0.2) is 66.7 Å². The first-order chi connectivity index (χ1) is 17.4. The van der Waals surface area contributed by atoms with E-state index in [-0.39, 0.29) is 25.5 Å². The molecule has 186 valence electrons. The number of nitrogens with one attached hydrogen (secondary N) is 1. The number of methoxy groups -OCH3 is 1. The van der Waals surface area contributed by atoms with Crippen molar-refractivity contribution in [2.24, 2.45) is 0 Å². The van der Waals surface area contributed by atoms with Crippen molar-refractivity contribution >= 4 is 41.1 Å². The number of hydrogen-bond donors (Lipinski definition) is 1. The Bertz CT molecular complexity index is 1250. The highest BCUT2D eigenvalue weighted by Crippen LogP contribution is 2.28. The molecular weight excluding hydrogens is 498 g/mol. The first-order valence-corrected chi connectivity index (χ1v) is 12.7. The Morgan fingerprint density at radius 1 is 1.11 bits per heavy atom. The number of ether oxygens (including phenoxy) is 2. The third kappa shape index (κ3) is 7.67. The Balaban J connectivity index is 1.73. The molecule has 1 amide bonds. The van der Waals surface area contributed by atoms with Crippen LogP contribution in [-0.2, 0) is 22.6 Å². The number of rotatable bonds is 11. The van der Waals surface area contributed by atoms with Crippen LogP contribution in [0.1, 0.15) is 33.5 Å². The molecule has 0 spiro atoms. The minimum atomic E-state index is -0.399. The van der Waals surface area contributed by atoms with Crippen LogP contribution in [0.5, 0.6) is 5.75 Å². The molecule has 0 bridgehead atoms. The second-order valence-corrected chi connectivity index (χ2v) is 8.94. The van der Waals surface area contributed by atoms with E-state index < -0.39 is 5.97 Å². The molecule has 0 aliphatic carbocycles. The third-order valence-electron chi connectivity index (χ3n) is 5.25. The van der Waals surface area contributed by atoms with Crippen molar-refractivity contribution < 1.29 is 19.1 Å². The van der Waals surface area contributed by atoms with Gasteiger partial charge in [-0.1, -0.05) is 59.9 Å². The first-order valence-electron chi connectivity index (χ1n) is 11.1. The summed E-state index contributed by atoms with van der Waals surface area (Å²) in [6.07, 6.45) is 2.04. The Morgan fingerprint density at radius 2 is 1.89 bits per heavy atom. The van der Waals surface area contributed by atoms with Crippen LogP contribution in [-0.4, -0.2) is 31.8 Å². The second kappa shape index (κ2) is 13.4. The number of amides is 1. The highest BCUT2D eigenvalue weighted by molar-refractivity contribution is 7.99. The number of hydrogen-bond acceptors (Lipinski definition) is 7. The number of carbonyl (C=O) groups excluding carboxylic acids is 2. The van der Waals surface area contributed by atoms with Gasteiger partial charge in [0.1, 0.15) is 5.75 Å². The highest BCUT2D eigenvalue weighted by Gasteiger charge is 2.14. The van der Waals surface area contributed by atoms with Crippen molar-refractivity contribution in [2.75, 3.05) is 24.3 Å². The fourth-order valence-electron chi connectivity index (χ4n) is 3.39. The molecule has 0 saturated carbocycles.